The molecule has 1 unspecified atom stereocenters. The molecular weight excluding hydrogens is 272 g/mol. The van der Waals surface area contributed by atoms with Crippen LogP contribution in [-0.4, -0.2) is 31.9 Å². The first-order valence-electron chi connectivity index (χ1n) is 7.35. The molecule has 4 nitrogen and oxygen atoms in total. The number of hydrogen-bond donors (Lipinski definition) is 1. The SMILES string of the molecule is CCC(C)N(CC)S(=O)(=O)c1cccc2c1CCNC2. The molecule has 0 bridgehead atoms. The summed E-state index contributed by atoms with van der Waals surface area (Å²) in [5, 5.41) is 3.29. The first kappa shape index (κ1) is 15.5. The number of nitrogens with one attached hydrogen (secondary N) is 1. The molecule has 0 spiro atoms. The van der Waals surface area contributed by atoms with Gasteiger partial charge in [-0.2, -0.15) is 4.31 Å². The van der Waals surface area contributed by atoms with Crippen molar-refractivity contribution in [2.24, 2.45) is 0 Å². The Morgan fingerprint density at radius 2 is 2.10 bits per heavy atom. The van der Waals surface area contributed by atoms with Crippen molar-refractivity contribution in [3.63, 3.8) is 0 Å². The number of sulfonamides is 1. The second kappa shape index (κ2) is 6.24. The lowest BCUT2D eigenvalue weighted by molar-refractivity contribution is 0.342. The summed E-state index contributed by atoms with van der Waals surface area (Å²) >= 11 is 0. The van der Waals surface area contributed by atoms with Crippen molar-refractivity contribution in [2.45, 2.75) is 51.1 Å². The van der Waals surface area contributed by atoms with Crippen LogP contribution in [0.2, 0.25) is 0 Å². The van der Waals surface area contributed by atoms with Crippen LogP contribution in [0.5, 0.6) is 0 Å². The molecule has 0 aromatic heterocycles. The van der Waals surface area contributed by atoms with Gasteiger partial charge in [-0.15, -0.1) is 0 Å². The van der Waals surface area contributed by atoms with Crippen LogP contribution in [0.15, 0.2) is 23.1 Å². The Balaban J connectivity index is 2.49. The third kappa shape index (κ3) is 2.75. The zero-order valence-corrected chi connectivity index (χ0v) is 13.3. The first-order chi connectivity index (χ1) is 9.52. The molecule has 0 aliphatic carbocycles. The van der Waals surface area contributed by atoms with E-state index in [4.69, 9.17) is 0 Å². The van der Waals surface area contributed by atoms with E-state index in [1.54, 1.807) is 10.4 Å². The molecule has 0 fully saturated rings. The van der Waals surface area contributed by atoms with Gasteiger partial charge in [-0.3, -0.25) is 0 Å². The smallest absolute Gasteiger partial charge is 0.243 e. The molecule has 1 aromatic carbocycles. The fraction of sp³-hybridized carbons (Fsp3) is 0.600. The van der Waals surface area contributed by atoms with E-state index in [0.29, 0.717) is 11.4 Å². The van der Waals surface area contributed by atoms with Gasteiger partial charge in [-0.25, -0.2) is 8.42 Å². The van der Waals surface area contributed by atoms with Crippen molar-refractivity contribution >= 4 is 10.0 Å². The van der Waals surface area contributed by atoms with Crippen LogP contribution in [0.1, 0.15) is 38.3 Å². The zero-order valence-electron chi connectivity index (χ0n) is 12.5. The summed E-state index contributed by atoms with van der Waals surface area (Å²) in [6.45, 7) is 8.01. The van der Waals surface area contributed by atoms with Crippen LogP contribution in [0, 0.1) is 0 Å². The van der Waals surface area contributed by atoms with Crippen LogP contribution >= 0.6 is 0 Å². The summed E-state index contributed by atoms with van der Waals surface area (Å²) in [6, 6.07) is 5.65. The van der Waals surface area contributed by atoms with Crippen LogP contribution in [0.3, 0.4) is 0 Å². The highest BCUT2D eigenvalue weighted by atomic mass is 32.2. The van der Waals surface area contributed by atoms with E-state index in [-0.39, 0.29) is 6.04 Å². The molecule has 1 N–H and O–H groups in total. The number of benzene rings is 1. The highest BCUT2D eigenvalue weighted by Gasteiger charge is 2.30. The van der Waals surface area contributed by atoms with E-state index in [1.165, 1.54) is 0 Å². The maximum atomic E-state index is 12.9. The van der Waals surface area contributed by atoms with Gasteiger partial charge in [0.25, 0.3) is 0 Å². The minimum atomic E-state index is -3.40. The Kier molecular flexibility index (Phi) is 4.83. The lowest BCUT2D eigenvalue weighted by atomic mass is 10.0. The molecule has 1 atom stereocenters. The van der Waals surface area contributed by atoms with Gasteiger partial charge in [0, 0.05) is 19.1 Å². The quantitative estimate of drug-likeness (QED) is 0.905. The maximum Gasteiger partial charge on any atom is 0.243 e. The molecule has 20 heavy (non-hydrogen) atoms. The predicted molar refractivity (Wildman–Crippen MR) is 81.2 cm³/mol. The molecule has 0 amide bonds. The van der Waals surface area contributed by atoms with E-state index < -0.39 is 10.0 Å². The van der Waals surface area contributed by atoms with Crippen LogP contribution < -0.4 is 5.32 Å². The van der Waals surface area contributed by atoms with Crippen molar-refractivity contribution in [2.75, 3.05) is 13.1 Å². The summed E-state index contributed by atoms with van der Waals surface area (Å²) in [5.74, 6) is 0. The van der Waals surface area contributed by atoms with Crippen LogP contribution in [0.4, 0.5) is 0 Å². The minimum Gasteiger partial charge on any atom is -0.312 e. The van der Waals surface area contributed by atoms with Gasteiger partial charge < -0.3 is 5.32 Å². The van der Waals surface area contributed by atoms with Crippen molar-refractivity contribution in [1.82, 2.24) is 9.62 Å². The van der Waals surface area contributed by atoms with Gasteiger partial charge in [-0.05, 0) is 43.5 Å². The highest BCUT2D eigenvalue weighted by Crippen LogP contribution is 2.27. The maximum absolute atomic E-state index is 12.9. The van der Waals surface area contributed by atoms with Crippen molar-refractivity contribution < 1.29 is 8.42 Å². The number of fused-ring (bicyclic) bond motifs is 1. The van der Waals surface area contributed by atoms with Crippen molar-refractivity contribution in [3.05, 3.63) is 29.3 Å². The third-order valence-corrected chi connectivity index (χ3v) is 6.25. The van der Waals surface area contributed by atoms with Crippen LogP contribution in [-0.2, 0) is 23.0 Å². The Bertz CT molecular complexity index is 569. The molecular formula is C15H24N2O2S. The molecule has 1 aliphatic heterocycles. The summed E-state index contributed by atoms with van der Waals surface area (Å²) in [4.78, 5) is 0.499. The highest BCUT2D eigenvalue weighted by molar-refractivity contribution is 7.89. The molecule has 0 saturated heterocycles. The molecule has 0 saturated carbocycles. The largest absolute Gasteiger partial charge is 0.312 e. The molecule has 1 aromatic rings. The normalized spacial score (nSPS) is 17.0. The second-order valence-corrected chi connectivity index (χ2v) is 7.15. The van der Waals surface area contributed by atoms with E-state index in [2.05, 4.69) is 5.32 Å². The van der Waals surface area contributed by atoms with E-state index >= 15 is 0 Å². The van der Waals surface area contributed by atoms with Crippen molar-refractivity contribution in [3.8, 4) is 0 Å². The minimum absolute atomic E-state index is 0.0302. The molecule has 1 heterocycles. The Labute approximate surface area is 122 Å². The first-order valence-corrected chi connectivity index (χ1v) is 8.79. The molecule has 0 radical (unpaired) electrons. The third-order valence-electron chi connectivity index (χ3n) is 4.08. The summed E-state index contributed by atoms with van der Waals surface area (Å²) < 4.78 is 27.5. The number of hydrogen-bond acceptors (Lipinski definition) is 3. The molecule has 1 aliphatic rings. The van der Waals surface area contributed by atoms with E-state index in [9.17, 15) is 8.42 Å². The zero-order chi connectivity index (χ0) is 14.8. The summed E-state index contributed by atoms with van der Waals surface area (Å²) in [5.41, 5.74) is 2.10. The van der Waals surface area contributed by atoms with Gasteiger partial charge in [0.2, 0.25) is 10.0 Å². The summed E-state index contributed by atoms with van der Waals surface area (Å²) in [6.07, 6.45) is 1.60. The van der Waals surface area contributed by atoms with E-state index in [0.717, 1.165) is 37.1 Å². The average Bonchev–Trinajstić information content (AvgIpc) is 2.46. The Morgan fingerprint density at radius 1 is 1.35 bits per heavy atom. The predicted octanol–water partition coefficient (Wildman–Crippen LogP) is 2.14. The van der Waals surface area contributed by atoms with Gasteiger partial charge in [0.05, 0.1) is 4.90 Å². The fourth-order valence-corrected chi connectivity index (χ4v) is 4.80. The average molecular weight is 296 g/mol. The lowest BCUT2D eigenvalue weighted by Crippen LogP contribution is -2.39. The van der Waals surface area contributed by atoms with Gasteiger partial charge >= 0.3 is 0 Å². The second-order valence-electron chi connectivity index (χ2n) is 5.29. The Hall–Kier alpha value is -0.910. The van der Waals surface area contributed by atoms with Gasteiger partial charge in [0.15, 0.2) is 0 Å². The van der Waals surface area contributed by atoms with E-state index in [1.807, 2.05) is 32.9 Å². The summed E-state index contributed by atoms with van der Waals surface area (Å²) in [7, 11) is -3.40. The Morgan fingerprint density at radius 3 is 2.75 bits per heavy atom. The standard InChI is InChI=1S/C15H24N2O2S/c1-4-12(3)17(5-2)20(18,19)15-8-6-7-13-11-16-10-9-14(13)15/h6-8,12,16H,4-5,9-11H2,1-3H3. The topological polar surface area (TPSA) is 49.4 Å². The molecule has 2 rings (SSSR count). The number of rotatable bonds is 5. The monoisotopic (exact) mass is 296 g/mol. The fourth-order valence-electron chi connectivity index (χ4n) is 2.79. The molecule has 112 valence electrons. The van der Waals surface area contributed by atoms with Crippen LogP contribution in [0.25, 0.3) is 0 Å². The molecule has 5 heteroatoms. The lowest BCUT2D eigenvalue weighted by Gasteiger charge is -2.29. The van der Waals surface area contributed by atoms with Crippen molar-refractivity contribution in [1.29, 1.82) is 0 Å². The number of nitrogens with zero attached hydrogens (tertiary/aromatic N) is 1. The van der Waals surface area contributed by atoms with Gasteiger partial charge in [0.1, 0.15) is 0 Å². The van der Waals surface area contributed by atoms with Gasteiger partial charge in [-0.1, -0.05) is 26.0 Å².